The highest BCUT2D eigenvalue weighted by Gasteiger charge is 2.18. The molecule has 0 saturated carbocycles. The second kappa shape index (κ2) is 7.67. The molecule has 3 aromatic rings. The van der Waals surface area contributed by atoms with E-state index >= 15 is 0 Å². The van der Waals surface area contributed by atoms with E-state index < -0.39 is 0 Å². The SMILES string of the molecule is C[C@@H](Nc1ccc(-c2ccccc2)cc1)C(=O)N(C)c1ccccc1. The normalized spacial score (nSPS) is 11.6. The van der Waals surface area contributed by atoms with Crippen molar-refractivity contribution >= 4 is 17.3 Å². The van der Waals surface area contributed by atoms with E-state index in [4.69, 9.17) is 0 Å². The van der Waals surface area contributed by atoms with Crippen molar-refractivity contribution in [2.75, 3.05) is 17.3 Å². The van der Waals surface area contributed by atoms with E-state index in [0.29, 0.717) is 0 Å². The molecule has 0 saturated heterocycles. The Morgan fingerprint density at radius 1 is 0.800 bits per heavy atom. The van der Waals surface area contributed by atoms with E-state index in [1.807, 2.05) is 67.6 Å². The molecule has 0 aliphatic heterocycles. The van der Waals surface area contributed by atoms with Crippen molar-refractivity contribution in [3.05, 3.63) is 84.9 Å². The van der Waals surface area contributed by atoms with Crippen molar-refractivity contribution in [1.82, 2.24) is 0 Å². The predicted octanol–water partition coefficient (Wildman–Crippen LogP) is 4.82. The number of hydrogen-bond donors (Lipinski definition) is 1. The lowest BCUT2D eigenvalue weighted by atomic mass is 10.1. The molecule has 0 radical (unpaired) electrons. The van der Waals surface area contributed by atoms with Gasteiger partial charge in [-0.15, -0.1) is 0 Å². The van der Waals surface area contributed by atoms with Gasteiger partial charge in [-0.05, 0) is 42.3 Å². The molecule has 3 nitrogen and oxygen atoms in total. The smallest absolute Gasteiger partial charge is 0.248 e. The highest BCUT2D eigenvalue weighted by Crippen LogP contribution is 2.21. The third-order valence-corrected chi connectivity index (χ3v) is 4.22. The zero-order chi connectivity index (χ0) is 17.6. The first-order valence-corrected chi connectivity index (χ1v) is 8.40. The number of anilines is 2. The molecule has 0 bridgehead atoms. The number of amides is 1. The molecule has 0 unspecified atom stereocenters. The average Bonchev–Trinajstić information content (AvgIpc) is 2.68. The van der Waals surface area contributed by atoms with Crippen LogP contribution in [-0.2, 0) is 4.79 Å². The molecule has 25 heavy (non-hydrogen) atoms. The van der Waals surface area contributed by atoms with Gasteiger partial charge in [0.1, 0.15) is 6.04 Å². The zero-order valence-corrected chi connectivity index (χ0v) is 14.5. The summed E-state index contributed by atoms with van der Waals surface area (Å²) in [5, 5.41) is 3.28. The Labute approximate surface area is 148 Å². The van der Waals surface area contributed by atoms with Crippen molar-refractivity contribution in [2.45, 2.75) is 13.0 Å². The van der Waals surface area contributed by atoms with Crippen LogP contribution in [0.25, 0.3) is 11.1 Å². The first-order valence-electron chi connectivity index (χ1n) is 8.40. The molecule has 3 heteroatoms. The first-order chi connectivity index (χ1) is 12.1. The Morgan fingerprint density at radius 3 is 1.92 bits per heavy atom. The molecule has 1 amide bonds. The highest BCUT2D eigenvalue weighted by atomic mass is 16.2. The molecule has 126 valence electrons. The average molecular weight is 330 g/mol. The summed E-state index contributed by atoms with van der Waals surface area (Å²) in [6, 6.07) is 27.7. The maximum absolute atomic E-state index is 12.6. The minimum Gasteiger partial charge on any atom is -0.374 e. The van der Waals surface area contributed by atoms with Gasteiger partial charge in [0.05, 0.1) is 0 Å². The minimum absolute atomic E-state index is 0.0262. The number of carbonyl (C=O) groups excluding carboxylic acids is 1. The van der Waals surface area contributed by atoms with Gasteiger partial charge in [-0.3, -0.25) is 4.79 Å². The quantitative estimate of drug-likeness (QED) is 0.727. The molecule has 1 atom stereocenters. The number of nitrogens with one attached hydrogen (secondary N) is 1. The lowest BCUT2D eigenvalue weighted by Gasteiger charge is -2.23. The van der Waals surface area contributed by atoms with Crippen LogP contribution in [0.15, 0.2) is 84.9 Å². The summed E-state index contributed by atoms with van der Waals surface area (Å²) in [6.07, 6.45) is 0. The lowest BCUT2D eigenvalue weighted by Crippen LogP contribution is -2.39. The summed E-state index contributed by atoms with van der Waals surface area (Å²) in [5.74, 6) is 0.0262. The van der Waals surface area contributed by atoms with Gasteiger partial charge in [0, 0.05) is 18.4 Å². The fraction of sp³-hybridized carbons (Fsp3) is 0.136. The van der Waals surface area contributed by atoms with E-state index in [2.05, 4.69) is 29.6 Å². The van der Waals surface area contributed by atoms with Crippen LogP contribution in [0.4, 0.5) is 11.4 Å². The summed E-state index contributed by atoms with van der Waals surface area (Å²) < 4.78 is 0. The fourth-order valence-electron chi connectivity index (χ4n) is 2.77. The minimum atomic E-state index is -0.312. The van der Waals surface area contributed by atoms with Gasteiger partial charge in [0.2, 0.25) is 5.91 Å². The van der Waals surface area contributed by atoms with Crippen molar-refractivity contribution in [3.8, 4) is 11.1 Å². The molecule has 3 aromatic carbocycles. The molecular formula is C22H22N2O. The number of para-hydroxylation sites is 1. The van der Waals surface area contributed by atoms with Gasteiger partial charge < -0.3 is 10.2 Å². The molecule has 0 aliphatic rings. The number of carbonyl (C=O) groups is 1. The number of hydrogen-bond acceptors (Lipinski definition) is 2. The fourth-order valence-corrected chi connectivity index (χ4v) is 2.77. The summed E-state index contributed by atoms with van der Waals surface area (Å²) in [5.41, 5.74) is 4.16. The Balaban J connectivity index is 1.66. The molecule has 0 aromatic heterocycles. The molecule has 0 spiro atoms. The zero-order valence-electron chi connectivity index (χ0n) is 14.5. The number of rotatable bonds is 5. The largest absolute Gasteiger partial charge is 0.374 e. The van der Waals surface area contributed by atoms with Gasteiger partial charge in [0.15, 0.2) is 0 Å². The van der Waals surface area contributed by atoms with Crippen LogP contribution >= 0.6 is 0 Å². The first kappa shape index (κ1) is 16.8. The summed E-state index contributed by atoms with van der Waals surface area (Å²) in [7, 11) is 1.80. The Bertz CT molecular complexity index is 814. The van der Waals surface area contributed by atoms with Crippen molar-refractivity contribution in [3.63, 3.8) is 0 Å². The lowest BCUT2D eigenvalue weighted by molar-refractivity contribution is -0.118. The Kier molecular flexibility index (Phi) is 5.14. The summed E-state index contributed by atoms with van der Waals surface area (Å²) in [4.78, 5) is 14.3. The van der Waals surface area contributed by atoms with Crippen LogP contribution in [0.3, 0.4) is 0 Å². The van der Waals surface area contributed by atoms with E-state index in [0.717, 1.165) is 16.9 Å². The van der Waals surface area contributed by atoms with Crippen LogP contribution < -0.4 is 10.2 Å². The van der Waals surface area contributed by atoms with Crippen molar-refractivity contribution < 1.29 is 4.79 Å². The van der Waals surface area contributed by atoms with Gasteiger partial charge >= 0.3 is 0 Å². The van der Waals surface area contributed by atoms with Crippen LogP contribution in [0.2, 0.25) is 0 Å². The summed E-state index contributed by atoms with van der Waals surface area (Å²) in [6.45, 7) is 1.88. The molecule has 0 heterocycles. The monoisotopic (exact) mass is 330 g/mol. The van der Waals surface area contributed by atoms with Gasteiger partial charge in [-0.25, -0.2) is 0 Å². The predicted molar refractivity (Wildman–Crippen MR) is 105 cm³/mol. The van der Waals surface area contributed by atoms with Crippen molar-refractivity contribution in [2.24, 2.45) is 0 Å². The molecule has 3 rings (SSSR count). The number of benzene rings is 3. The molecule has 0 fully saturated rings. The standard InChI is InChI=1S/C22H22N2O/c1-17(22(25)24(2)21-11-7-4-8-12-21)23-20-15-13-19(14-16-20)18-9-5-3-6-10-18/h3-17,23H,1-2H3/t17-/m1/s1. The third-order valence-electron chi connectivity index (χ3n) is 4.22. The Morgan fingerprint density at radius 2 is 1.32 bits per heavy atom. The van der Waals surface area contributed by atoms with Gasteiger partial charge in [-0.2, -0.15) is 0 Å². The van der Waals surface area contributed by atoms with Crippen molar-refractivity contribution in [1.29, 1.82) is 0 Å². The van der Waals surface area contributed by atoms with Crippen LogP contribution in [0, 0.1) is 0 Å². The third kappa shape index (κ3) is 4.07. The molecule has 0 aliphatic carbocycles. The van der Waals surface area contributed by atoms with Crippen LogP contribution in [-0.4, -0.2) is 19.0 Å². The van der Waals surface area contributed by atoms with E-state index in [-0.39, 0.29) is 11.9 Å². The molecule has 1 N–H and O–H groups in total. The maximum atomic E-state index is 12.6. The second-order valence-corrected chi connectivity index (χ2v) is 6.04. The van der Waals surface area contributed by atoms with Gasteiger partial charge in [-0.1, -0.05) is 60.7 Å². The van der Waals surface area contributed by atoms with Crippen LogP contribution in [0.5, 0.6) is 0 Å². The van der Waals surface area contributed by atoms with Crippen LogP contribution in [0.1, 0.15) is 6.92 Å². The maximum Gasteiger partial charge on any atom is 0.248 e. The number of nitrogens with zero attached hydrogens (tertiary/aromatic N) is 1. The van der Waals surface area contributed by atoms with E-state index in [1.165, 1.54) is 5.56 Å². The topological polar surface area (TPSA) is 32.3 Å². The molecular weight excluding hydrogens is 308 g/mol. The van der Waals surface area contributed by atoms with Gasteiger partial charge in [0.25, 0.3) is 0 Å². The number of likely N-dealkylation sites (N-methyl/N-ethyl adjacent to an activating group) is 1. The van der Waals surface area contributed by atoms with E-state index in [1.54, 1.807) is 11.9 Å². The highest BCUT2D eigenvalue weighted by molar-refractivity contribution is 5.98. The summed E-state index contributed by atoms with van der Waals surface area (Å²) >= 11 is 0. The second-order valence-electron chi connectivity index (χ2n) is 6.04. The Hall–Kier alpha value is -3.07. The van der Waals surface area contributed by atoms with E-state index in [9.17, 15) is 4.79 Å².